The third-order valence-corrected chi connectivity index (χ3v) is 4.62. The molecule has 0 amide bonds. The molecule has 1 atom stereocenters. The number of alkyl halides is 2. The van der Waals surface area contributed by atoms with E-state index in [0.29, 0.717) is 5.56 Å². The SMILES string of the molecule is CC(C)(C)c1ccc(C(O)c2ccc(OC(F)F)cc2)s1. The van der Waals surface area contributed by atoms with E-state index in [-0.39, 0.29) is 11.2 Å². The summed E-state index contributed by atoms with van der Waals surface area (Å²) >= 11 is 1.56. The van der Waals surface area contributed by atoms with Crippen LogP contribution in [0.15, 0.2) is 36.4 Å². The average Bonchev–Trinajstić information content (AvgIpc) is 2.87. The fourth-order valence-corrected chi connectivity index (χ4v) is 2.98. The lowest BCUT2D eigenvalue weighted by Crippen LogP contribution is -2.07. The van der Waals surface area contributed by atoms with Gasteiger partial charge in [-0.1, -0.05) is 32.9 Å². The van der Waals surface area contributed by atoms with E-state index < -0.39 is 12.7 Å². The number of hydrogen-bond acceptors (Lipinski definition) is 3. The van der Waals surface area contributed by atoms with Crippen LogP contribution < -0.4 is 4.74 Å². The zero-order valence-electron chi connectivity index (χ0n) is 12.1. The molecule has 2 aromatic rings. The molecule has 0 saturated heterocycles. The molecule has 0 saturated carbocycles. The van der Waals surface area contributed by atoms with Crippen LogP contribution in [-0.2, 0) is 5.41 Å². The average molecular weight is 312 g/mol. The number of hydrogen-bond donors (Lipinski definition) is 1. The largest absolute Gasteiger partial charge is 0.435 e. The normalized spacial score (nSPS) is 13.5. The molecule has 1 N–H and O–H groups in total. The van der Waals surface area contributed by atoms with Crippen LogP contribution in [0.5, 0.6) is 5.75 Å². The summed E-state index contributed by atoms with van der Waals surface area (Å²) in [5.41, 5.74) is 0.691. The molecule has 21 heavy (non-hydrogen) atoms. The van der Waals surface area contributed by atoms with Crippen LogP contribution in [0.1, 0.15) is 42.2 Å². The van der Waals surface area contributed by atoms with Crippen LogP contribution in [0, 0.1) is 0 Å². The van der Waals surface area contributed by atoms with Gasteiger partial charge in [-0.15, -0.1) is 11.3 Å². The van der Waals surface area contributed by atoms with Gasteiger partial charge >= 0.3 is 6.61 Å². The van der Waals surface area contributed by atoms with Gasteiger partial charge in [-0.25, -0.2) is 0 Å². The number of aliphatic hydroxyl groups is 1. The third-order valence-electron chi connectivity index (χ3n) is 3.06. The van der Waals surface area contributed by atoms with Crippen molar-refractivity contribution in [3.63, 3.8) is 0 Å². The van der Waals surface area contributed by atoms with Gasteiger partial charge in [0.1, 0.15) is 11.9 Å². The van der Waals surface area contributed by atoms with Gasteiger partial charge in [0.25, 0.3) is 0 Å². The molecule has 2 nitrogen and oxygen atoms in total. The highest BCUT2D eigenvalue weighted by atomic mass is 32.1. The molecule has 2 rings (SSSR count). The molecule has 5 heteroatoms. The smallest absolute Gasteiger partial charge is 0.387 e. The lowest BCUT2D eigenvalue weighted by molar-refractivity contribution is -0.0498. The Morgan fingerprint density at radius 3 is 2.14 bits per heavy atom. The second-order valence-electron chi connectivity index (χ2n) is 5.80. The molecule has 0 radical (unpaired) electrons. The number of rotatable bonds is 4. The summed E-state index contributed by atoms with van der Waals surface area (Å²) in [5.74, 6) is 0.0857. The fourth-order valence-electron chi connectivity index (χ4n) is 1.90. The number of aliphatic hydroxyl groups excluding tert-OH is 1. The van der Waals surface area contributed by atoms with E-state index in [0.717, 1.165) is 4.88 Å². The topological polar surface area (TPSA) is 29.5 Å². The maximum atomic E-state index is 12.1. The molecule has 1 aromatic carbocycles. The fraction of sp³-hybridized carbons (Fsp3) is 0.375. The maximum Gasteiger partial charge on any atom is 0.387 e. The van der Waals surface area contributed by atoms with Gasteiger partial charge in [-0.3, -0.25) is 0 Å². The number of halogens is 2. The molecule has 1 heterocycles. The van der Waals surface area contributed by atoms with E-state index in [1.165, 1.54) is 17.0 Å². The minimum Gasteiger partial charge on any atom is -0.435 e. The van der Waals surface area contributed by atoms with Gasteiger partial charge in [-0.2, -0.15) is 8.78 Å². The van der Waals surface area contributed by atoms with Crippen LogP contribution in [0.25, 0.3) is 0 Å². The molecular weight excluding hydrogens is 294 g/mol. The van der Waals surface area contributed by atoms with Crippen molar-refractivity contribution in [1.82, 2.24) is 0 Å². The number of benzene rings is 1. The Morgan fingerprint density at radius 2 is 1.67 bits per heavy atom. The summed E-state index contributed by atoms with van der Waals surface area (Å²) in [6.45, 7) is 3.51. The summed E-state index contributed by atoms with van der Waals surface area (Å²) in [7, 11) is 0. The molecule has 1 unspecified atom stereocenters. The van der Waals surface area contributed by atoms with E-state index in [4.69, 9.17) is 0 Å². The molecule has 0 fully saturated rings. The monoisotopic (exact) mass is 312 g/mol. The Morgan fingerprint density at radius 1 is 1.05 bits per heavy atom. The van der Waals surface area contributed by atoms with E-state index in [2.05, 4.69) is 25.5 Å². The summed E-state index contributed by atoms with van der Waals surface area (Å²) < 4.78 is 28.5. The molecule has 114 valence electrons. The Balaban J connectivity index is 2.16. The van der Waals surface area contributed by atoms with Crippen molar-refractivity contribution in [1.29, 1.82) is 0 Å². The minimum absolute atomic E-state index is 0.0393. The molecule has 0 spiro atoms. The van der Waals surface area contributed by atoms with Crippen LogP contribution >= 0.6 is 11.3 Å². The Labute approximate surface area is 127 Å². The summed E-state index contributed by atoms with van der Waals surface area (Å²) in [5, 5.41) is 10.4. The molecule has 0 aliphatic rings. The first-order valence-electron chi connectivity index (χ1n) is 6.60. The van der Waals surface area contributed by atoms with Gasteiger partial charge in [0, 0.05) is 9.75 Å². The number of thiophene rings is 1. The predicted molar refractivity (Wildman–Crippen MR) is 80.2 cm³/mol. The van der Waals surface area contributed by atoms with E-state index in [1.807, 2.05) is 12.1 Å². The quantitative estimate of drug-likeness (QED) is 0.884. The van der Waals surface area contributed by atoms with Gasteiger partial charge < -0.3 is 9.84 Å². The van der Waals surface area contributed by atoms with E-state index >= 15 is 0 Å². The standard InChI is InChI=1S/C16H18F2O2S/c1-16(2,3)13-9-8-12(21-13)14(19)10-4-6-11(7-5-10)20-15(17)18/h4-9,14-15,19H,1-3H3. The second kappa shape index (κ2) is 6.12. The Hall–Kier alpha value is -1.46. The third kappa shape index (κ3) is 4.02. The van der Waals surface area contributed by atoms with Gasteiger partial charge in [-0.05, 0) is 35.2 Å². The van der Waals surface area contributed by atoms with Crippen molar-refractivity contribution in [3.8, 4) is 5.75 Å². The lowest BCUT2D eigenvalue weighted by Gasteiger charge is -2.16. The van der Waals surface area contributed by atoms with Crippen molar-refractivity contribution in [2.24, 2.45) is 0 Å². The van der Waals surface area contributed by atoms with Crippen molar-refractivity contribution in [3.05, 3.63) is 51.7 Å². The van der Waals surface area contributed by atoms with Crippen LogP contribution in [-0.4, -0.2) is 11.7 Å². The lowest BCUT2D eigenvalue weighted by atomic mass is 9.95. The first kappa shape index (κ1) is 15.9. The van der Waals surface area contributed by atoms with Crippen molar-refractivity contribution in [2.75, 3.05) is 0 Å². The van der Waals surface area contributed by atoms with E-state index in [1.54, 1.807) is 23.5 Å². The number of ether oxygens (including phenoxy) is 1. The summed E-state index contributed by atoms with van der Waals surface area (Å²) in [4.78, 5) is 2.02. The molecule has 0 aliphatic carbocycles. The highest BCUT2D eigenvalue weighted by Gasteiger charge is 2.19. The highest BCUT2D eigenvalue weighted by Crippen LogP contribution is 2.34. The van der Waals surface area contributed by atoms with Crippen molar-refractivity contribution in [2.45, 2.75) is 38.9 Å². The minimum atomic E-state index is -2.84. The van der Waals surface area contributed by atoms with Gasteiger partial charge in [0.05, 0.1) is 0 Å². The van der Waals surface area contributed by atoms with E-state index in [9.17, 15) is 13.9 Å². The van der Waals surface area contributed by atoms with Crippen molar-refractivity contribution >= 4 is 11.3 Å². The van der Waals surface area contributed by atoms with Gasteiger partial charge in [0.15, 0.2) is 0 Å². The first-order valence-corrected chi connectivity index (χ1v) is 7.42. The molecule has 1 aromatic heterocycles. The highest BCUT2D eigenvalue weighted by molar-refractivity contribution is 7.12. The zero-order valence-corrected chi connectivity index (χ0v) is 13.0. The Kier molecular flexibility index (Phi) is 4.64. The van der Waals surface area contributed by atoms with Gasteiger partial charge in [0.2, 0.25) is 0 Å². The Bertz CT molecular complexity index is 585. The second-order valence-corrected chi connectivity index (χ2v) is 6.92. The van der Waals surface area contributed by atoms with Crippen molar-refractivity contribution < 1.29 is 18.6 Å². The predicted octanol–water partition coefficient (Wildman–Crippen LogP) is 4.73. The molecule has 0 aliphatic heterocycles. The molecule has 0 bridgehead atoms. The molecular formula is C16H18F2O2S. The van der Waals surface area contributed by atoms with Crippen LogP contribution in [0.2, 0.25) is 0 Å². The maximum absolute atomic E-state index is 12.1. The first-order chi connectivity index (χ1) is 9.77. The van der Waals surface area contributed by atoms with Crippen LogP contribution in [0.4, 0.5) is 8.78 Å². The van der Waals surface area contributed by atoms with Crippen LogP contribution in [0.3, 0.4) is 0 Å². The summed E-state index contributed by atoms with van der Waals surface area (Å²) in [6.07, 6.45) is -0.758. The summed E-state index contributed by atoms with van der Waals surface area (Å²) in [6, 6.07) is 9.97. The zero-order chi connectivity index (χ0) is 15.6.